The molecule has 0 aliphatic carbocycles. The van der Waals surface area contributed by atoms with Crippen molar-refractivity contribution >= 4 is 5.91 Å². The van der Waals surface area contributed by atoms with Crippen LogP contribution in [-0.2, 0) is 9.53 Å². The summed E-state index contributed by atoms with van der Waals surface area (Å²) in [6.07, 6.45) is 3.71. The number of nitrogens with one attached hydrogen (secondary N) is 2. The maximum atomic E-state index is 11.9. The van der Waals surface area contributed by atoms with Gasteiger partial charge in [-0.25, -0.2) is 0 Å². The van der Waals surface area contributed by atoms with Crippen LogP contribution < -0.4 is 10.6 Å². The molecule has 0 aromatic carbocycles. The van der Waals surface area contributed by atoms with E-state index in [1.807, 2.05) is 0 Å². The van der Waals surface area contributed by atoms with Crippen molar-refractivity contribution in [2.75, 3.05) is 26.2 Å². The van der Waals surface area contributed by atoms with E-state index in [0.29, 0.717) is 12.5 Å². The number of ether oxygens (including phenoxy) is 1. The first-order chi connectivity index (χ1) is 7.77. The zero-order valence-electron chi connectivity index (χ0n) is 10.00. The van der Waals surface area contributed by atoms with Crippen LogP contribution in [0.1, 0.15) is 26.2 Å². The molecule has 0 bridgehead atoms. The van der Waals surface area contributed by atoms with Gasteiger partial charge in [0.05, 0.1) is 12.0 Å². The largest absolute Gasteiger partial charge is 0.376 e. The Bertz CT molecular complexity index is 239. The first kappa shape index (κ1) is 11.9. The van der Waals surface area contributed by atoms with Gasteiger partial charge in [-0.1, -0.05) is 6.92 Å². The number of carbonyl (C=O) groups excluding carboxylic acids is 1. The van der Waals surface area contributed by atoms with Gasteiger partial charge < -0.3 is 15.4 Å². The SMILES string of the molecule is CC1CNCC1C(=O)NCC1CCCCO1. The third-order valence-electron chi connectivity index (χ3n) is 3.63. The van der Waals surface area contributed by atoms with Gasteiger partial charge >= 0.3 is 0 Å². The standard InChI is InChI=1S/C12H22N2O2/c1-9-6-13-8-11(9)12(15)14-7-10-4-2-3-5-16-10/h9-11,13H,2-8H2,1H3,(H,14,15). The van der Waals surface area contributed by atoms with Crippen LogP contribution >= 0.6 is 0 Å². The van der Waals surface area contributed by atoms with Gasteiger partial charge in [0.15, 0.2) is 0 Å². The maximum Gasteiger partial charge on any atom is 0.224 e. The first-order valence-corrected chi connectivity index (χ1v) is 6.37. The number of hydrogen-bond acceptors (Lipinski definition) is 3. The predicted octanol–water partition coefficient (Wildman–Crippen LogP) is 0.527. The molecule has 3 atom stereocenters. The molecule has 2 saturated heterocycles. The molecule has 0 spiro atoms. The number of amides is 1. The van der Waals surface area contributed by atoms with E-state index in [-0.39, 0.29) is 17.9 Å². The van der Waals surface area contributed by atoms with Crippen LogP contribution in [0, 0.1) is 11.8 Å². The quantitative estimate of drug-likeness (QED) is 0.738. The summed E-state index contributed by atoms with van der Waals surface area (Å²) in [5.41, 5.74) is 0. The first-order valence-electron chi connectivity index (χ1n) is 6.37. The van der Waals surface area contributed by atoms with Crippen molar-refractivity contribution < 1.29 is 9.53 Å². The van der Waals surface area contributed by atoms with E-state index < -0.39 is 0 Å². The van der Waals surface area contributed by atoms with Gasteiger partial charge in [0.25, 0.3) is 0 Å². The molecule has 2 rings (SSSR count). The summed E-state index contributed by atoms with van der Waals surface area (Å²) in [5.74, 6) is 0.780. The predicted molar refractivity (Wildman–Crippen MR) is 62.1 cm³/mol. The average molecular weight is 226 g/mol. The molecule has 1 amide bonds. The van der Waals surface area contributed by atoms with Crippen LogP contribution in [0.2, 0.25) is 0 Å². The molecular weight excluding hydrogens is 204 g/mol. The lowest BCUT2D eigenvalue weighted by molar-refractivity contribution is -0.126. The summed E-state index contributed by atoms with van der Waals surface area (Å²) in [6.45, 7) is 5.43. The highest BCUT2D eigenvalue weighted by molar-refractivity contribution is 5.79. The smallest absolute Gasteiger partial charge is 0.224 e. The Kier molecular flexibility index (Phi) is 4.18. The highest BCUT2D eigenvalue weighted by Gasteiger charge is 2.29. The number of rotatable bonds is 3. The van der Waals surface area contributed by atoms with E-state index in [9.17, 15) is 4.79 Å². The van der Waals surface area contributed by atoms with Gasteiger partial charge in [0.1, 0.15) is 0 Å². The lowest BCUT2D eigenvalue weighted by atomic mass is 9.97. The number of carbonyl (C=O) groups is 1. The third-order valence-corrected chi connectivity index (χ3v) is 3.63. The monoisotopic (exact) mass is 226 g/mol. The van der Waals surface area contributed by atoms with E-state index in [2.05, 4.69) is 17.6 Å². The molecule has 0 radical (unpaired) electrons. The molecular formula is C12H22N2O2. The van der Waals surface area contributed by atoms with Gasteiger partial charge in [0, 0.05) is 19.7 Å². The van der Waals surface area contributed by atoms with E-state index in [4.69, 9.17) is 4.74 Å². The zero-order valence-corrected chi connectivity index (χ0v) is 10.00. The third kappa shape index (κ3) is 2.95. The van der Waals surface area contributed by atoms with Crippen molar-refractivity contribution in [3.63, 3.8) is 0 Å². The fourth-order valence-electron chi connectivity index (χ4n) is 2.47. The summed E-state index contributed by atoms with van der Waals surface area (Å²) in [4.78, 5) is 11.9. The van der Waals surface area contributed by atoms with Crippen molar-refractivity contribution in [1.82, 2.24) is 10.6 Å². The van der Waals surface area contributed by atoms with Crippen LogP contribution in [0.4, 0.5) is 0 Å². The van der Waals surface area contributed by atoms with E-state index in [1.165, 1.54) is 6.42 Å². The highest BCUT2D eigenvalue weighted by atomic mass is 16.5. The Balaban J connectivity index is 1.70. The fourth-order valence-corrected chi connectivity index (χ4v) is 2.47. The minimum atomic E-state index is 0.142. The molecule has 2 N–H and O–H groups in total. The fraction of sp³-hybridized carbons (Fsp3) is 0.917. The maximum absolute atomic E-state index is 11.9. The second-order valence-electron chi connectivity index (χ2n) is 4.98. The molecule has 4 heteroatoms. The lowest BCUT2D eigenvalue weighted by Gasteiger charge is -2.23. The molecule has 3 unspecified atom stereocenters. The molecule has 2 aliphatic rings. The molecule has 2 fully saturated rings. The molecule has 92 valence electrons. The van der Waals surface area contributed by atoms with Crippen LogP contribution in [0.5, 0.6) is 0 Å². The van der Waals surface area contributed by atoms with Crippen molar-refractivity contribution in [1.29, 1.82) is 0 Å². The minimum Gasteiger partial charge on any atom is -0.376 e. The van der Waals surface area contributed by atoms with Gasteiger partial charge in [-0.15, -0.1) is 0 Å². The summed E-state index contributed by atoms with van der Waals surface area (Å²) in [7, 11) is 0. The second-order valence-corrected chi connectivity index (χ2v) is 4.98. The van der Waals surface area contributed by atoms with E-state index in [0.717, 1.165) is 32.5 Å². The molecule has 2 heterocycles. The average Bonchev–Trinajstić information content (AvgIpc) is 2.74. The van der Waals surface area contributed by atoms with Gasteiger partial charge in [-0.2, -0.15) is 0 Å². The van der Waals surface area contributed by atoms with Crippen molar-refractivity contribution in [2.24, 2.45) is 11.8 Å². The van der Waals surface area contributed by atoms with Crippen molar-refractivity contribution in [3.8, 4) is 0 Å². The van der Waals surface area contributed by atoms with E-state index >= 15 is 0 Å². The molecule has 4 nitrogen and oxygen atoms in total. The second kappa shape index (κ2) is 5.64. The molecule has 2 aliphatic heterocycles. The minimum absolute atomic E-state index is 0.142. The normalized spacial score (nSPS) is 34.9. The summed E-state index contributed by atoms with van der Waals surface area (Å²) >= 11 is 0. The number of hydrogen-bond donors (Lipinski definition) is 2. The zero-order chi connectivity index (χ0) is 11.4. The van der Waals surface area contributed by atoms with Gasteiger partial charge in [-0.05, 0) is 31.7 Å². The Morgan fingerprint density at radius 1 is 1.44 bits per heavy atom. The molecule has 0 aromatic heterocycles. The molecule has 0 saturated carbocycles. The summed E-state index contributed by atoms with van der Waals surface area (Å²) < 4.78 is 5.59. The van der Waals surface area contributed by atoms with E-state index in [1.54, 1.807) is 0 Å². The highest BCUT2D eigenvalue weighted by Crippen LogP contribution is 2.16. The molecule has 0 aromatic rings. The van der Waals surface area contributed by atoms with Crippen LogP contribution in [-0.4, -0.2) is 38.3 Å². The van der Waals surface area contributed by atoms with Crippen LogP contribution in [0.3, 0.4) is 0 Å². The Labute approximate surface area is 97.1 Å². The summed E-state index contributed by atoms with van der Waals surface area (Å²) in [6, 6.07) is 0. The Hall–Kier alpha value is -0.610. The van der Waals surface area contributed by atoms with Crippen LogP contribution in [0.15, 0.2) is 0 Å². The topological polar surface area (TPSA) is 50.4 Å². The lowest BCUT2D eigenvalue weighted by Crippen LogP contribution is -2.40. The van der Waals surface area contributed by atoms with Gasteiger partial charge in [0.2, 0.25) is 5.91 Å². The van der Waals surface area contributed by atoms with Crippen molar-refractivity contribution in [2.45, 2.75) is 32.3 Å². The Morgan fingerprint density at radius 3 is 2.94 bits per heavy atom. The van der Waals surface area contributed by atoms with Crippen molar-refractivity contribution in [3.05, 3.63) is 0 Å². The molecule has 16 heavy (non-hydrogen) atoms. The van der Waals surface area contributed by atoms with Gasteiger partial charge in [-0.3, -0.25) is 4.79 Å². The van der Waals surface area contributed by atoms with Crippen LogP contribution in [0.25, 0.3) is 0 Å². The summed E-state index contributed by atoms with van der Waals surface area (Å²) in [5, 5.41) is 6.27. The Morgan fingerprint density at radius 2 is 2.31 bits per heavy atom.